The number of nitrogens with zero attached hydrogens (tertiary/aromatic N) is 2. The van der Waals surface area contributed by atoms with Crippen LogP contribution in [0.5, 0.6) is 0 Å². The van der Waals surface area contributed by atoms with Crippen LogP contribution in [-0.4, -0.2) is 15.6 Å². The predicted octanol–water partition coefficient (Wildman–Crippen LogP) is 2.82. The maximum atomic E-state index is 11.6. The van der Waals surface area contributed by atoms with Gasteiger partial charge in [0, 0.05) is 0 Å². The second-order valence-corrected chi connectivity index (χ2v) is 3.94. The van der Waals surface area contributed by atoms with Crippen molar-refractivity contribution < 1.29 is 23.5 Å². The fraction of sp³-hybridized carbons (Fsp3) is 0.0833. The molecule has 0 unspecified atom stereocenters. The molecule has 9 nitrogen and oxygen atoms in total. The van der Waals surface area contributed by atoms with Gasteiger partial charge in [0.1, 0.15) is 21.4 Å². The molecule has 0 aromatic carbocycles. The number of nitro groups is 2. The molecule has 0 spiro atoms. The summed E-state index contributed by atoms with van der Waals surface area (Å²) in [6.07, 6.45) is 1.22. The Balaban J connectivity index is 2.41. The molecule has 0 saturated heterocycles. The molecule has 2 aromatic heterocycles. The Morgan fingerprint density at radius 3 is 2.10 bits per heavy atom. The van der Waals surface area contributed by atoms with Gasteiger partial charge in [-0.3, -0.25) is 25.0 Å². The van der Waals surface area contributed by atoms with Crippen LogP contribution in [0.25, 0.3) is 11.6 Å². The van der Waals surface area contributed by atoms with Crippen LogP contribution in [0.2, 0.25) is 0 Å². The van der Waals surface area contributed by atoms with E-state index in [0.29, 0.717) is 0 Å². The van der Waals surface area contributed by atoms with Gasteiger partial charge in [-0.1, -0.05) is 0 Å². The quantitative estimate of drug-likeness (QED) is 0.470. The molecular weight excluding hydrogens is 284 g/mol. The van der Waals surface area contributed by atoms with Gasteiger partial charge in [-0.25, -0.2) is 0 Å². The zero-order valence-corrected chi connectivity index (χ0v) is 10.6. The lowest BCUT2D eigenvalue weighted by atomic mass is 10.1. The molecule has 108 valence electrons. The molecule has 9 heteroatoms. The van der Waals surface area contributed by atoms with E-state index in [9.17, 15) is 25.0 Å². The Morgan fingerprint density at radius 2 is 1.62 bits per heavy atom. The van der Waals surface area contributed by atoms with E-state index in [1.807, 2.05) is 0 Å². The van der Waals surface area contributed by atoms with Crippen molar-refractivity contribution in [3.8, 4) is 0 Å². The zero-order chi connectivity index (χ0) is 15.6. The molecular formula is C12H8N2O7. The largest absolute Gasteiger partial charge is 0.433 e. The van der Waals surface area contributed by atoms with Gasteiger partial charge in [0.2, 0.25) is 0 Å². The summed E-state index contributed by atoms with van der Waals surface area (Å²) in [7, 11) is 0. The van der Waals surface area contributed by atoms with Gasteiger partial charge in [-0.05, 0) is 25.1 Å². The molecule has 2 aromatic rings. The number of furan rings is 2. The molecule has 0 atom stereocenters. The summed E-state index contributed by atoms with van der Waals surface area (Å²) < 4.78 is 9.83. The molecule has 0 saturated carbocycles. The highest BCUT2D eigenvalue weighted by molar-refractivity contribution is 6.23. The molecule has 0 fully saturated rings. The lowest BCUT2D eigenvalue weighted by molar-refractivity contribution is -0.402. The molecule has 0 radical (unpaired) electrons. The van der Waals surface area contributed by atoms with Crippen LogP contribution in [0.4, 0.5) is 11.8 Å². The lowest BCUT2D eigenvalue weighted by Crippen LogP contribution is -1.94. The number of hydrogen-bond acceptors (Lipinski definition) is 7. The van der Waals surface area contributed by atoms with Crippen molar-refractivity contribution >= 4 is 29.2 Å². The number of Topliss-reactive ketones (excluding diaryl/α,β-unsaturated/α-hetero) is 1. The molecule has 0 aliphatic carbocycles. The fourth-order valence-corrected chi connectivity index (χ4v) is 1.58. The number of rotatable bonds is 5. The van der Waals surface area contributed by atoms with E-state index in [2.05, 4.69) is 0 Å². The first-order valence-corrected chi connectivity index (χ1v) is 5.60. The summed E-state index contributed by atoms with van der Waals surface area (Å²) in [5.41, 5.74) is 0.00680. The average molecular weight is 292 g/mol. The van der Waals surface area contributed by atoms with Gasteiger partial charge >= 0.3 is 11.8 Å². The monoisotopic (exact) mass is 292 g/mol. The predicted molar refractivity (Wildman–Crippen MR) is 69.3 cm³/mol. The lowest BCUT2D eigenvalue weighted by Gasteiger charge is -1.97. The minimum absolute atomic E-state index is 0.00680. The minimum Gasteiger partial charge on any atom is -0.401 e. The summed E-state index contributed by atoms with van der Waals surface area (Å²) in [5.74, 6) is -1.38. The number of carbonyl (C=O) groups is 1. The third kappa shape index (κ3) is 3.03. The summed E-state index contributed by atoms with van der Waals surface area (Å²) >= 11 is 0. The van der Waals surface area contributed by atoms with E-state index in [1.165, 1.54) is 25.1 Å². The van der Waals surface area contributed by atoms with Gasteiger partial charge in [0.15, 0.2) is 5.78 Å². The topological polar surface area (TPSA) is 130 Å². The third-order valence-electron chi connectivity index (χ3n) is 2.50. The van der Waals surface area contributed by atoms with E-state index in [1.54, 1.807) is 0 Å². The van der Waals surface area contributed by atoms with Crippen LogP contribution in [-0.2, 0) is 4.79 Å². The van der Waals surface area contributed by atoms with Crippen molar-refractivity contribution in [2.24, 2.45) is 0 Å². The molecule has 2 rings (SSSR count). The van der Waals surface area contributed by atoms with E-state index in [0.717, 1.165) is 12.1 Å². The van der Waals surface area contributed by atoms with Gasteiger partial charge in [0.25, 0.3) is 0 Å². The maximum absolute atomic E-state index is 11.6. The number of ketones is 1. The van der Waals surface area contributed by atoms with Gasteiger partial charge < -0.3 is 8.83 Å². The van der Waals surface area contributed by atoms with Crippen LogP contribution in [0.15, 0.2) is 33.1 Å². The Labute approximate surface area is 116 Å². The highest BCUT2D eigenvalue weighted by atomic mass is 16.7. The van der Waals surface area contributed by atoms with Crippen LogP contribution < -0.4 is 0 Å². The van der Waals surface area contributed by atoms with Crippen LogP contribution >= 0.6 is 0 Å². The fourth-order valence-electron chi connectivity index (χ4n) is 1.58. The highest BCUT2D eigenvalue weighted by Crippen LogP contribution is 2.26. The molecule has 21 heavy (non-hydrogen) atoms. The van der Waals surface area contributed by atoms with E-state index >= 15 is 0 Å². The summed E-state index contributed by atoms with van der Waals surface area (Å²) in [6, 6.07) is 4.81. The summed E-state index contributed by atoms with van der Waals surface area (Å²) in [5, 5.41) is 21.1. The summed E-state index contributed by atoms with van der Waals surface area (Å²) in [6.45, 7) is 1.23. The van der Waals surface area contributed by atoms with E-state index in [4.69, 9.17) is 8.83 Å². The Kier molecular flexibility index (Phi) is 3.65. The van der Waals surface area contributed by atoms with Crippen LogP contribution in [0.3, 0.4) is 0 Å². The molecule has 0 amide bonds. The van der Waals surface area contributed by atoms with E-state index in [-0.39, 0.29) is 17.1 Å². The Bertz CT molecular complexity index is 753. The summed E-state index contributed by atoms with van der Waals surface area (Å²) in [4.78, 5) is 31.2. The minimum atomic E-state index is -0.737. The molecule has 0 N–H and O–H groups in total. The van der Waals surface area contributed by atoms with E-state index < -0.39 is 27.4 Å². The van der Waals surface area contributed by atoms with Crippen molar-refractivity contribution in [1.29, 1.82) is 0 Å². The van der Waals surface area contributed by atoms with Crippen molar-refractivity contribution in [1.82, 2.24) is 0 Å². The third-order valence-corrected chi connectivity index (χ3v) is 2.50. The molecule has 0 aliphatic rings. The van der Waals surface area contributed by atoms with Crippen LogP contribution in [0, 0.1) is 20.2 Å². The first-order valence-electron chi connectivity index (χ1n) is 5.60. The maximum Gasteiger partial charge on any atom is 0.433 e. The normalized spacial score (nSPS) is 11.4. The zero-order valence-electron chi connectivity index (χ0n) is 10.6. The first kappa shape index (κ1) is 14.2. The van der Waals surface area contributed by atoms with Crippen molar-refractivity contribution in [2.45, 2.75) is 6.92 Å². The average Bonchev–Trinajstić information content (AvgIpc) is 3.04. The highest BCUT2D eigenvalue weighted by Gasteiger charge is 2.19. The Morgan fingerprint density at radius 1 is 1.05 bits per heavy atom. The second-order valence-electron chi connectivity index (χ2n) is 3.94. The van der Waals surface area contributed by atoms with Gasteiger partial charge in [0.05, 0.1) is 17.7 Å². The SMILES string of the molecule is CC(=O)C(=Cc1ccc([N+](=O)[O-])o1)c1ccc([N+](=O)[O-])o1. The Hall–Kier alpha value is -3.23. The molecule has 2 heterocycles. The molecule has 0 aliphatic heterocycles. The van der Waals surface area contributed by atoms with Crippen molar-refractivity contribution in [3.63, 3.8) is 0 Å². The number of hydrogen-bond donors (Lipinski definition) is 0. The van der Waals surface area contributed by atoms with Crippen molar-refractivity contribution in [2.75, 3.05) is 0 Å². The van der Waals surface area contributed by atoms with Crippen LogP contribution in [0.1, 0.15) is 18.4 Å². The number of allylic oxidation sites excluding steroid dienone is 1. The second kappa shape index (κ2) is 5.41. The smallest absolute Gasteiger partial charge is 0.401 e. The standard InChI is InChI=1S/C12H8N2O7/c1-7(15)9(10-3-5-12(21-10)14(18)19)6-8-2-4-11(20-8)13(16)17/h2-6H,1H3. The van der Waals surface area contributed by atoms with Crippen molar-refractivity contribution in [3.05, 3.63) is 56.0 Å². The first-order chi connectivity index (χ1) is 9.88. The van der Waals surface area contributed by atoms with Gasteiger partial charge in [-0.15, -0.1) is 0 Å². The van der Waals surface area contributed by atoms with Gasteiger partial charge in [-0.2, -0.15) is 0 Å². The number of carbonyl (C=O) groups excluding carboxylic acids is 1. The molecule has 0 bridgehead atoms.